The topological polar surface area (TPSA) is 27.3 Å². The first-order valence-corrected chi connectivity index (χ1v) is 13.7. The molecule has 2 aromatic heterocycles. The van der Waals surface area contributed by atoms with Crippen molar-refractivity contribution in [3.05, 3.63) is 132 Å². The molecule has 3 heteroatoms. The van der Waals surface area contributed by atoms with Crippen LogP contribution in [0.2, 0.25) is 0 Å². The SMILES string of the molecule is C1=Cc2c(n(-c3ccc4c(c3)oc3cc(C5=CC6c7ccccc7OC6C=C5)ccc34)c3ccccc23)CC1. The zero-order valence-electron chi connectivity index (χ0n) is 21.3. The Balaban J connectivity index is 1.15. The fraction of sp³-hybridized carbons (Fsp3) is 0.111. The van der Waals surface area contributed by atoms with E-state index in [0.717, 1.165) is 51.8 Å². The molecule has 0 fully saturated rings. The second-order valence-electron chi connectivity index (χ2n) is 10.8. The third kappa shape index (κ3) is 3.04. The molecule has 0 saturated carbocycles. The monoisotopic (exact) mass is 503 g/mol. The van der Waals surface area contributed by atoms with Crippen LogP contribution in [0.3, 0.4) is 0 Å². The summed E-state index contributed by atoms with van der Waals surface area (Å²) in [7, 11) is 0. The summed E-state index contributed by atoms with van der Waals surface area (Å²) in [5, 5.41) is 3.61. The van der Waals surface area contributed by atoms with Crippen LogP contribution < -0.4 is 4.74 Å². The largest absolute Gasteiger partial charge is 0.485 e. The van der Waals surface area contributed by atoms with Gasteiger partial charge in [-0.05, 0) is 66.5 Å². The molecule has 0 bridgehead atoms. The third-order valence-electron chi connectivity index (χ3n) is 8.62. The molecule has 6 aromatic rings. The molecular formula is C36H25NO2. The summed E-state index contributed by atoms with van der Waals surface area (Å²) in [6.07, 6.45) is 13.5. The molecule has 1 aliphatic heterocycles. The summed E-state index contributed by atoms with van der Waals surface area (Å²) in [4.78, 5) is 0. The zero-order valence-corrected chi connectivity index (χ0v) is 21.3. The lowest BCUT2D eigenvalue weighted by Gasteiger charge is -2.18. The normalized spacial score (nSPS) is 19.2. The van der Waals surface area contributed by atoms with Crippen molar-refractivity contribution in [1.29, 1.82) is 0 Å². The Labute approximate surface area is 225 Å². The highest BCUT2D eigenvalue weighted by Crippen LogP contribution is 2.44. The van der Waals surface area contributed by atoms with E-state index < -0.39 is 0 Å². The van der Waals surface area contributed by atoms with Crippen molar-refractivity contribution in [1.82, 2.24) is 4.57 Å². The minimum Gasteiger partial charge on any atom is -0.485 e. The summed E-state index contributed by atoms with van der Waals surface area (Å²) in [6.45, 7) is 0. The molecule has 0 radical (unpaired) electrons. The Hall–Kier alpha value is -4.76. The average molecular weight is 504 g/mol. The molecule has 39 heavy (non-hydrogen) atoms. The van der Waals surface area contributed by atoms with Gasteiger partial charge < -0.3 is 13.7 Å². The molecule has 3 heterocycles. The molecule has 4 aromatic carbocycles. The highest BCUT2D eigenvalue weighted by Gasteiger charge is 2.33. The van der Waals surface area contributed by atoms with E-state index in [0.29, 0.717) is 0 Å². The van der Waals surface area contributed by atoms with Gasteiger partial charge in [-0.25, -0.2) is 0 Å². The number of nitrogens with zero attached hydrogens (tertiary/aromatic N) is 1. The van der Waals surface area contributed by atoms with Crippen molar-refractivity contribution < 1.29 is 9.15 Å². The molecule has 9 rings (SSSR count). The van der Waals surface area contributed by atoms with Crippen molar-refractivity contribution >= 4 is 44.5 Å². The lowest BCUT2D eigenvalue weighted by Crippen LogP contribution is -2.16. The molecule has 0 amide bonds. The van der Waals surface area contributed by atoms with Crippen LogP contribution in [0, 0.1) is 0 Å². The molecule has 0 N–H and O–H groups in total. The summed E-state index contributed by atoms with van der Waals surface area (Å²) in [5.41, 5.74) is 10.6. The van der Waals surface area contributed by atoms with Gasteiger partial charge in [-0.15, -0.1) is 0 Å². The molecule has 2 aliphatic carbocycles. The van der Waals surface area contributed by atoms with Crippen molar-refractivity contribution in [3.63, 3.8) is 0 Å². The van der Waals surface area contributed by atoms with E-state index in [2.05, 4.69) is 114 Å². The second kappa shape index (κ2) is 7.87. The van der Waals surface area contributed by atoms with Gasteiger partial charge in [0.15, 0.2) is 0 Å². The van der Waals surface area contributed by atoms with Crippen LogP contribution in [0.4, 0.5) is 0 Å². The molecule has 3 nitrogen and oxygen atoms in total. The van der Waals surface area contributed by atoms with Crippen molar-refractivity contribution in [2.24, 2.45) is 0 Å². The van der Waals surface area contributed by atoms with Crippen LogP contribution in [0.1, 0.15) is 34.7 Å². The fourth-order valence-corrected chi connectivity index (χ4v) is 6.79. The molecule has 2 unspecified atom stereocenters. The van der Waals surface area contributed by atoms with Crippen molar-refractivity contribution in [3.8, 4) is 11.4 Å². The Morgan fingerprint density at radius 3 is 2.59 bits per heavy atom. The summed E-state index contributed by atoms with van der Waals surface area (Å²) in [6, 6.07) is 30.3. The molecule has 3 aliphatic rings. The number of fused-ring (bicyclic) bond motifs is 9. The van der Waals surface area contributed by atoms with Crippen LogP contribution in [-0.2, 0) is 6.42 Å². The highest BCUT2D eigenvalue weighted by atomic mass is 16.5. The maximum Gasteiger partial charge on any atom is 0.137 e. The Bertz CT molecular complexity index is 2070. The molecule has 186 valence electrons. The summed E-state index contributed by atoms with van der Waals surface area (Å²) < 4.78 is 15.1. The number of para-hydroxylation sites is 2. The third-order valence-corrected chi connectivity index (χ3v) is 8.62. The Morgan fingerprint density at radius 2 is 1.62 bits per heavy atom. The van der Waals surface area contributed by atoms with Crippen molar-refractivity contribution in [2.45, 2.75) is 24.9 Å². The summed E-state index contributed by atoms with van der Waals surface area (Å²) in [5.74, 6) is 1.23. The first-order chi connectivity index (χ1) is 19.3. The van der Waals surface area contributed by atoms with Gasteiger partial charge in [0.1, 0.15) is 23.0 Å². The first-order valence-electron chi connectivity index (χ1n) is 13.7. The number of benzene rings is 4. The van der Waals surface area contributed by atoms with Gasteiger partial charge in [-0.2, -0.15) is 0 Å². The smallest absolute Gasteiger partial charge is 0.137 e. The van der Waals surface area contributed by atoms with Crippen LogP contribution in [0.5, 0.6) is 5.75 Å². The van der Waals surface area contributed by atoms with Crippen molar-refractivity contribution in [2.75, 3.05) is 0 Å². The number of allylic oxidation sites excluding steroid dienone is 3. The Kier molecular flexibility index (Phi) is 4.28. The van der Waals surface area contributed by atoms with Crippen LogP contribution in [0.25, 0.3) is 50.2 Å². The number of aromatic nitrogens is 1. The molecule has 2 atom stereocenters. The molecular weight excluding hydrogens is 478 g/mol. The summed E-state index contributed by atoms with van der Waals surface area (Å²) >= 11 is 0. The van der Waals surface area contributed by atoms with Gasteiger partial charge in [-0.3, -0.25) is 0 Å². The van der Waals surface area contributed by atoms with E-state index >= 15 is 0 Å². The number of ether oxygens (including phenoxy) is 1. The van der Waals surface area contributed by atoms with Gasteiger partial charge in [0.25, 0.3) is 0 Å². The zero-order chi connectivity index (χ0) is 25.5. The fourth-order valence-electron chi connectivity index (χ4n) is 6.79. The number of rotatable bonds is 2. The lowest BCUT2D eigenvalue weighted by atomic mass is 9.87. The van der Waals surface area contributed by atoms with Gasteiger partial charge in [0.2, 0.25) is 0 Å². The van der Waals surface area contributed by atoms with Gasteiger partial charge >= 0.3 is 0 Å². The first kappa shape index (κ1) is 21.2. The minimum absolute atomic E-state index is 0.0745. The second-order valence-corrected chi connectivity index (χ2v) is 10.8. The lowest BCUT2D eigenvalue weighted by molar-refractivity contribution is 0.269. The average Bonchev–Trinajstić information content (AvgIpc) is 3.65. The minimum atomic E-state index is 0.0745. The predicted molar refractivity (Wildman–Crippen MR) is 159 cm³/mol. The van der Waals surface area contributed by atoms with E-state index in [1.807, 2.05) is 6.07 Å². The maximum absolute atomic E-state index is 6.52. The highest BCUT2D eigenvalue weighted by molar-refractivity contribution is 6.06. The number of furan rings is 1. The number of hydrogen-bond donors (Lipinski definition) is 0. The van der Waals surface area contributed by atoms with E-state index in [-0.39, 0.29) is 12.0 Å². The van der Waals surface area contributed by atoms with Crippen LogP contribution in [-0.4, -0.2) is 10.7 Å². The van der Waals surface area contributed by atoms with E-state index in [4.69, 9.17) is 9.15 Å². The van der Waals surface area contributed by atoms with Gasteiger partial charge in [0, 0.05) is 50.7 Å². The van der Waals surface area contributed by atoms with Crippen LogP contribution >= 0.6 is 0 Å². The predicted octanol–water partition coefficient (Wildman–Crippen LogP) is 8.99. The van der Waals surface area contributed by atoms with Crippen LogP contribution in [0.15, 0.2) is 114 Å². The Morgan fingerprint density at radius 1 is 0.769 bits per heavy atom. The van der Waals surface area contributed by atoms with Gasteiger partial charge in [-0.1, -0.05) is 66.8 Å². The van der Waals surface area contributed by atoms with Gasteiger partial charge in [0.05, 0.1) is 5.52 Å². The number of hydrogen-bond acceptors (Lipinski definition) is 2. The van der Waals surface area contributed by atoms with E-state index in [1.165, 1.54) is 33.3 Å². The van der Waals surface area contributed by atoms with E-state index in [1.54, 1.807) is 0 Å². The molecule has 0 saturated heterocycles. The molecule has 0 spiro atoms. The van der Waals surface area contributed by atoms with E-state index in [9.17, 15) is 0 Å². The maximum atomic E-state index is 6.52. The standard InChI is InChI=1S/C36H25NO2/c1-4-10-31-25(7-1)26-8-2-5-11-32(26)37(31)24-15-17-29-28-16-13-23(20-35(28)39-36(29)21-24)22-14-18-34-30(19-22)27-9-3-6-12-33(27)38-34/h1-4,6-10,12-21,30,34H,5,11H2. The quantitative estimate of drug-likeness (QED) is 0.236.